The maximum Gasteiger partial charge on any atom is 0.256 e. The second-order valence-electron chi connectivity index (χ2n) is 7.84. The van der Waals surface area contributed by atoms with Gasteiger partial charge in [-0.15, -0.1) is 0 Å². The third-order valence-corrected chi connectivity index (χ3v) is 5.64. The number of carbonyl (C=O) groups is 2. The SMILES string of the molecule is Nc1ccc(N2CCN(C(=O)c3ccccc3F)CC2)c(C(=O)NCc2ccc(F)cc2)c1. The molecule has 1 aliphatic heterocycles. The fourth-order valence-corrected chi connectivity index (χ4v) is 3.85. The molecule has 0 atom stereocenters. The number of rotatable bonds is 5. The van der Waals surface area contributed by atoms with Crippen molar-refractivity contribution in [1.29, 1.82) is 0 Å². The number of piperazine rings is 1. The molecule has 1 heterocycles. The van der Waals surface area contributed by atoms with Crippen molar-refractivity contribution in [2.24, 2.45) is 0 Å². The average molecular weight is 450 g/mol. The quantitative estimate of drug-likeness (QED) is 0.584. The van der Waals surface area contributed by atoms with Crippen LogP contribution in [-0.2, 0) is 6.54 Å². The summed E-state index contributed by atoms with van der Waals surface area (Å²) >= 11 is 0. The molecule has 4 rings (SSSR count). The Hall–Kier alpha value is -3.94. The highest BCUT2D eigenvalue weighted by Gasteiger charge is 2.26. The van der Waals surface area contributed by atoms with Gasteiger partial charge in [-0.05, 0) is 48.0 Å². The zero-order valence-electron chi connectivity index (χ0n) is 17.9. The van der Waals surface area contributed by atoms with Crippen molar-refractivity contribution >= 4 is 23.2 Å². The second-order valence-corrected chi connectivity index (χ2v) is 7.84. The van der Waals surface area contributed by atoms with Crippen molar-refractivity contribution in [2.75, 3.05) is 36.8 Å². The molecule has 8 heteroatoms. The predicted molar refractivity (Wildman–Crippen MR) is 123 cm³/mol. The highest BCUT2D eigenvalue weighted by Crippen LogP contribution is 2.25. The van der Waals surface area contributed by atoms with E-state index in [2.05, 4.69) is 5.32 Å². The molecular formula is C25H24F2N4O2. The molecule has 0 saturated carbocycles. The molecule has 3 aromatic carbocycles. The van der Waals surface area contributed by atoms with Crippen molar-refractivity contribution < 1.29 is 18.4 Å². The van der Waals surface area contributed by atoms with Gasteiger partial charge in [0.15, 0.2) is 0 Å². The largest absolute Gasteiger partial charge is 0.399 e. The maximum atomic E-state index is 14.0. The highest BCUT2D eigenvalue weighted by molar-refractivity contribution is 6.01. The number of nitrogens with one attached hydrogen (secondary N) is 1. The molecule has 0 spiro atoms. The molecule has 2 amide bonds. The summed E-state index contributed by atoms with van der Waals surface area (Å²) in [7, 11) is 0. The minimum atomic E-state index is -0.538. The summed E-state index contributed by atoms with van der Waals surface area (Å²) in [6.07, 6.45) is 0. The van der Waals surface area contributed by atoms with Gasteiger partial charge in [0.05, 0.1) is 11.1 Å². The van der Waals surface area contributed by atoms with Gasteiger partial charge in [-0.1, -0.05) is 24.3 Å². The Kier molecular flexibility index (Phi) is 6.53. The zero-order chi connectivity index (χ0) is 23.4. The van der Waals surface area contributed by atoms with Crippen LogP contribution in [0.2, 0.25) is 0 Å². The molecule has 33 heavy (non-hydrogen) atoms. The van der Waals surface area contributed by atoms with E-state index in [1.165, 1.54) is 24.3 Å². The van der Waals surface area contributed by atoms with Gasteiger partial charge in [0.1, 0.15) is 11.6 Å². The first-order chi connectivity index (χ1) is 15.9. The van der Waals surface area contributed by atoms with E-state index >= 15 is 0 Å². The van der Waals surface area contributed by atoms with Crippen LogP contribution >= 0.6 is 0 Å². The van der Waals surface area contributed by atoms with Crippen LogP contribution in [0.15, 0.2) is 66.7 Å². The van der Waals surface area contributed by atoms with E-state index in [1.54, 1.807) is 47.4 Å². The molecule has 3 N–H and O–H groups in total. The molecule has 0 aromatic heterocycles. The first-order valence-electron chi connectivity index (χ1n) is 10.6. The van der Waals surface area contributed by atoms with E-state index in [0.29, 0.717) is 43.1 Å². The summed E-state index contributed by atoms with van der Waals surface area (Å²) in [4.78, 5) is 29.2. The molecule has 0 radical (unpaired) electrons. The monoisotopic (exact) mass is 450 g/mol. The highest BCUT2D eigenvalue weighted by atomic mass is 19.1. The summed E-state index contributed by atoms with van der Waals surface area (Å²) < 4.78 is 27.1. The van der Waals surface area contributed by atoms with Crippen molar-refractivity contribution in [2.45, 2.75) is 6.54 Å². The van der Waals surface area contributed by atoms with E-state index in [9.17, 15) is 18.4 Å². The zero-order valence-corrected chi connectivity index (χ0v) is 17.9. The van der Waals surface area contributed by atoms with Gasteiger partial charge in [0, 0.05) is 44.1 Å². The first-order valence-corrected chi connectivity index (χ1v) is 10.6. The number of halogens is 2. The Bertz CT molecular complexity index is 1160. The normalized spacial score (nSPS) is 13.6. The van der Waals surface area contributed by atoms with E-state index in [1.807, 2.05) is 4.90 Å². The van der Waals surface area contributed by atoms with Crippen LogP contribution in [0.25, 0.3) is 0 Å². The van der Waals surface area contributed by atoms with Gasteiger partial charge in [0.2, 0.25) is 0 Å². The summed E-state index contributed by atoms with van der Waals surface area (Å²) in [5, 5.41) is 2.85. The predicted octanol–water partition coefficient (Wildman–Crippen LogP) is 3.44. The third kappa shape index (κ3) is 5.11. The van der Waals surface area contributed by atoms with Crippen LogP contribution in [0.3, 0.4) is 0 Å². The summed E-state index contributed by atoms with van der Waals surface area (Å²) in [5.41, 5.74) is 8.35. The lowest BCUT2D eigenvalue weighted by Gasteiger charge is -2.37. The molecule has 1 fully saturated rings. The summed E-state index contributed by atoms with van der Waals surface area (Å²) in [5.74, 6) is -1.52. The Morgan fingerprint density at radius 3 is 2.27 bits per heavy atom. The fraction of sp³-hybridized carbons (Fsp3) is 0.200. The Morgan fingerprint density at radius 2 is 1.58 bits per heavy atom. The molecule has 3 aromatic rings. The maximum absolute atomic E-state index is 14.0. The standard InChI is InChI=1S/C25H24F2N4O2/c26-18-7-5-17(6-8-18)16-29-24(32)21-15-19(28)9-10-23(21)30-11-13-31(14-12-30)25(33)20-3-1-2-4-22(20)27/h1-10,15H,11-14,16,28H2,(H,29,32). The number of nitrogens with zero attached hydrogens (tertiary/aromatic N) is 2. The molecule has 0 bridgehead atoms. The summed E-state index contributed by atoms with van der Waals surface area (Å²) in [6, 6.07) is 17.0. The number of nitrogens with two attached hydrogens (primary N) is 1. The topological polar surface area (TPSA) is 78.7 Å². The van der Waals surface area contributed by atoms with E-state index < -0.39 is 5.82 Å². The average Bonchev–Trinajstić information content (AvgIpc) is 2.83. The fourth-order valence-electron chi connectivity index (χ4n) is 3.85. The lowest BCUT2D eigenvalue weighted by Crippen LogP contribution is -2.49. The van der Waals surface area contributed by atoms with E-state index in [4.69, 9.17) is 5.73 Å². The number of hydrogen-bond acceptors (Lipinski definition) is 4. The van der Waals surface area contributed by atoms with Crippen LogP contribution < -0.4 is 16.0 Å². The lowest BCUT2D eigenvalue weighted by molar-refractivity contribution is 0.0741. The smallest absolute Gasteiger partial charge is 0.256 e. The van der Waals surface area contributed by atoms with Crippen LogP contribution in [0.4, 0.5) is 20.2 Å². The van der Waals surface area contributed by atoms with Gasteiger partial charge >= 0.3 is 0 Å². The Balaban J connectivity index is 1.44. The van der Waals surface area contributed by atoms with Crippen LogP contribution in [0.1, 0.15) is 26.3 Å². The van der Waals surface area contributed by atoms with Crippen LogP contribution in [0.5, 0.6) is 0 Å². The number of anilines is 2. The van der Waals surface area contributed by atoms with E-state index in [0.717, 1.165) is 5.56 Å². The number of carbonyl (C=O) groups excluding carboxylic acids is 2. The minimum absolute atomic E-state index is 0.0549. The van der Waals surface area contributed by atoms with Gasteiger partial charge < -0.3 is 20.9 Å². The minimum Gasteiger partial charge on any atom is -0.399 e. The number of benzene rings is 3. The van der Waals surface area contributed by atoms with Gasteiger partial charge in [0.25, 0.3) is 11.8 Å². The van der Waals surface area contributed by atoms with Gasteiger partial charge in [-0.3, -0.25) is 9.59 Å². The molecule has 0 aliphatic carbocycles. The van der Waals surface area contributed by atoms with Crippen molar-refractivity contribution in [3.8, 4) is 0 Å². The van der Waals surface area contributed by atoms with Crippen LogP contribution in [-0.4, -0.2) is 42.9 Å². The van der Waals surface area contributed by atoms with Crippen molar-refractivity contribution in [3.63, 3.8) is 0 Å². The van der Waals surface area contributed by atoms with Crippen LogP contribution in [0, 0.1) is 11.6 Å². The Labute approximate surface area is 190 Å². The lowest BCUT2D eigenvalue weighted by atomic mass is 10.1. The molecular weight excluding hydrogens is 426 g/mol. The van der Waals surface area contributed by atoms with Crippen molar-refractivity contribution in [3.05, 3.63) is 95.1 Å². The number of amides is 2. The van der Waals surface area contributed by atoms with E-state index in [-0.39, 0.29) is 29.7 Å². The number of nitrogen functional groups attached to an aromatic ring is 1. The van der Waals surface area contributed by atoms with Gasteiger partial charge in [-0.2, -0.15) is 0 Å². The molecule has 1 saturated heterocycles. The second kappa shape index (κ2) is 9.68. The number of hydrogen-bond donors (Lipinski definition) is 2. The molecule has 170 valence electrons. The molecule has 0 unspecified atom stereocenters. The molecule has 6 nitrogen and oxygen atoms in total. The Morgan fingerprint density at radius 1 is 0.879 bits per heavy atom. The van der Waals surface area contributed by atoms with Crippen molar-refractivity contribution in [1.82, 2.24) is 10.2 Å². The first kappa shape index (κ1) is 22.3. The van der Waals surface area contributed by atoms with Gasteiger partial charge in [-0.25, -0.2) is 8.78 Å². The summed E-state index contributed by atoms with van der Waals surface area (Å²) in [6.45, 7) is 2.02. The molecule has 1 aliphatic rings. The third-order valence-electron chi connectivity index (χ3n) is 5.64.